The van der Waals surface area contributed by atoms with Gasteiger partial charge in [0.15, 0.2) is 0 Å². The SMILES string of the molecule is CC(C)c1cccc(C(C)C)c1-n1cnc(-c2[c-]c(Sc3[c-]c(Oc4ccccn4)ccc3)ccc2)c1.[Pt+2]. The molecule has 0 spiro atoms. The van der Waals surface area contributed by atoms with Gasteiger partial charge in [-0.15, -0.1) is 53.7 Å². The van der Waals surface area contributed by atoms with Crippen molar-refractivity contribution in [1.29, 1.82) is 0 Å². The molecule has 0 aliphatic rings. The molecule has 5 rings (SSSR count). The Morgan fingerprint density at radius 3 is 2.13 bits per heavy atom. The molecule has 0 N–H and O–H groups in total. The van der Waals surface area contributed by atoms with Crippen LogP contribution in [-0.4, -0.2) is 14.5 Å². The zero-order valence-corrected chi connectivity index (χ0v) is 24.9. The minimum atomic E-state index is 0. The Labute approximate surface area is 243 Å². The van der Waals surface area contributed by atoms with Crippen LogP contribution in [0, 0.1) is 12.1 Å². The van der Waals surface area contributed by atoms with Crippen molar-refractivity contribution in [3.8, 4) is 28.6 Å². The van der Waals surface area contributed by atoms with Gasteiger partial charge in [0, 0.05) is 23.7 Å². The first-order valence-corrected chi connectivity index (χ1v) is 13.3. The maximum Gasteiger partial charge on any atom is 2.00 e. The van der Waals surface area contributed by atoms with Gasteiger partial charge in [-0.1, -0.05) is 61.8 Å². The van der Waals surface area contributed by atoms with Crippen molar-refractivity contribution in [2.75, 3.05) is 0 Å². The third kappa shape index (κ3) is 6.46. The van der Waals surface area contributed by atoms with E-state index in [2.05, 4.69) is 85.9 Å². The van der Waals surface area contributed by atoms with Crippen LogP contribution in [0.15, 0.2) is 101 Å². The van der Waals surface area contributed by atoms with E-state index in [0.717, 1.165) is 21.0 Å². The zero-order valence-electron chi connectivity index (χ0n) is 21.8. The first kappa shape index (κ1) is 27.9. The molecule has 38 heavy (non-hydrogen) atoms. The molecule has 0 saturated carbocycles. The molecule has 0 saturated heterocycles. The number of pyridine rings is 1. The molecule has 2 heterocycles. The van der Waals surface area contributed by atoms with E-state index in [0.29, 0.717) is 23.5 Å². The molecule has 3 aromatic carbocycles. The van der Waals surface area contributed by atoms with Gasteiger partial charge in [-0.25, -0.2) is 4.98 Å². The number of rotatable bonds is 8. The number of nitrogens with zero attached hydrogens (tertiary/aromatic N) is 3. The summed E-state index contributed by atoms with van der Waals surface area (Å²) in [6, 6.07) is 31.0. The number of para-hydroxylation sites is 1. The number of ether oxygens (including phenoxy) is 1. The summed E-state index contributed by atoms with van der Waals surface area (Å²) in [6.45, 7) is 8.96. The van der Waals surface area contributed by atoms with Crippen molar-refractivity contribution in [2.24, 2.45) is 0 Å². The van der Waals surface area contributed by atoms with Gasteiger partial charge in [0.1, 0.15) is 0 Å². The molecule has 4 nitrogen and oxygen atoms in total. The third-order valence-corrected chi connectivity index (χ3v) is 6.96. The topological polar surface area (TPSA) is 39.9 Å². The van der Waals surface area contributed by atoms with E-state index in [9.17, 15) is 0 Å². The van der Waals surface area contributed by atoms with Crippen molar-refractivity contribution in [3.05, 3.63) is 115 Å². The molecule has 194 valence electrons. The van der Waals surface area contributed by atoms with Crippen LogP contribution in [0.3, 0.4) is 0 Å². The summed E-state index contributed by atoms with van der Waals surface area (Å²) in [6.07, 6.45) is 5.74. The molecular weight excluding hydrogens is 670 g/mol. The van der Waals surface area contributed by atoms with Gasteiger partial charge in [-0.3, -0.25) is 4.98 Å². The average Bonchev–Trinajstić information content (AvgIpc) is 3.39. The van der Waals surface area contributed by atoms with Crippen LogP contribution in [0.2, 0.25) is 0 Å². The molecule has 0 radical (unpaired) electrons. The van der Waals surface area contributed by atoms with E-state index in [1.165, 1.54) is 16.8 Å². The van der Waals surface area contributed by atoms with E-state index < -0.39 is 0 Å². The Kier molecular flexibility index (Phi) is 9.25. The van der Waals surface area contributed by atoms with Crippen molar-refractivity contribution in [3.63, 3.8) is 0 Å². The van der Waals surface area contributed by atoms with Crippen molar-refractivity contribution in [1.82, 2.24) is 14.5 Å². The number of hydrogen-bond acceptors (Lipinski definition) is 4. The van der Waals surface area contributed by atoms with E-state index in [-0.39, 0.29) is 21.1 Å². The number of benzene rings is 3. The monoisotopic (exact) mass is 698 g/mol. The Bertz CT molecular complexity index is 1470. The number of aromatic nitrogens is 3. The summed E-state index contributed by atoms with van der Waals surface area (Å²) in [4.78, 5) is 10.9. The van der Waals surface area contributed by atoms with Crippen LogP contribution in [0.25, 0.3) is 16.9 Å². The largest absolute Gasteiger partial charge is 2.00 e. The van der Waals surface area contributed by atoms with Gasteiger partial charge in [-0.05, 0) is 35.2 Å². The van der Waals surface area contributed by atoms with Gasteiger partial charge in [0.25, 0.3) is 0 Å². The molecule has 0 unspecified atom stereocenters. The standard InChI is InChI=1S/C32H29N3OS.Pt/c1-22(2)28-14-9-15-29(23(3)4)32(28)35-20-30(34-21-35)24-10-7-12-26(18-24)37-27-13-8-11-25(19-27)36-31-16-5-6-17-33-31;/h5-17,20-23H,1-4H3;/q-2;+2. The van der Waals surface area contributed by atoms with E-state index in [4.69, 9.17) is 9.72 Å². The number of hydrogen-bond donors (Lipinski definition) is 0. The molecule has 6 heteroatoms. The fourth-order valence-electron chi connectivity index (χ4n) is 4.24. The zero-order chi connectivity index (χ0) is 25.8. The predicted molar refractivity (Wildman–Crippen MR) is 150 cm³/mol. The fraction of sp³-hybridized carbons (Fsp3) is 0.188. The molecule has 0 atom stereocenters. The van der Waals surface area contributed by atoms with Crippen LogP contribution < -0.4 is 4.74 Å². The molecule has 0 aliphatic heterocycles. The molecular formula is C32H29N3OPtS. The average molecular weight is 699 g/mol. The number of imidazole rings is 1. The van der Waals surface area contributed by atoms with E-state index in [1.807, 2.05) is 48.8 Å². The first-order chi connectivity index (χ1) is 18.0. The summed E-state index contributed by atoms with van der Waals surface area (Å²) in [5.41, 5.74) is 5.74. The summed E-state index contributed by atoms with van der Waals surface area (Å²) >= 11 is 1.59. The molecule has 5 aromatic rings. The Hall–Kier alpha value is -3.14. The van der Waals surface area contributed by atoms with Gasteiger partial charge in [0.05, 0.1) is 12.0 Å². The van der Waals surface area contributed by atoms with Crippen LogP contribution in [0.1, 0.15) is 50.7 Å². The summed E-state index contributed by atoms with van der Waals surface area (Å²) < 4.78 is 8.01. The molecule has 0 fully saturated rings. The van der Waals surface area contributed by atoms with E-state index >= 15 is 0 Å². The summed E-state index contributed by atoms with van der Waals surface area (Å²) in [5, 5.41) is 0. The van der Waals surface area contributed by atoms with Crippen molar-refractivity contribution < 1.29 is 25.8 Å². The smallest absolute Gasteiger partial charge is 0.466 e. The van der Waals surface area contributed by atoms with E-state index in [1.54, 1.807) is 18.0 Å². The first-order valence-electron chi connectivity index (χ1n) is 12.5. The maximum atomic E-state index is 5.84. The van der Waals surface area contributed by atoms with Gasteiger partial charge >= 0.3 is 21.1 Å². The quantitative estimate of drug-likeness (QED) is 0.152. The minimum Gasteiger partial charge on any atom is -0.466 e. The Morgan fingerprint density at radius 1 is 0.763 bits per heavy atom. The van der Waals surface area contributed by atoms with Gasteiger partial charge in [0.2, 0.25) is 5.88 Å². The second-order valence-corrected chi connectivity index (χ2v) is 10.5. The van der Waals surface area contributed by atoms with Gasteiger partial charge in [-0.2, -0.15) is 12.1 Å². The molecule has 0 bridgehead atoms. The minimum absolute atomic E-state index is 0. The van der Waals surface area contributed by atoms with Gasteiger partial charge < -0.3 is 9.30 Å². The summed E-state index contributed by atoms with van der Waals surface area (Å²) in [5.74, 6) is 2.01. The maximum absolute atomic E-state index is 5.84. The van der Waals surface area contributed by atoms with Crippen LogP contribution in [0.5, 0.6) is 11.6 Å². The van der Waals surface area contributed by atoms with Crippen LogP contribution in [0.4, 0.5) is 0 Å². The molecule has 2 aromatic heterocycles. The Balaban J connectivity index is 0.00000336. The van der Waals surface area contributed by atoms with Crippen molar-refractivity contribution >= 4 is 11.8 Å². The predicted octanol–water partition coefficient (Wildman–Crippen LogP) is 8.72. The second-order valence-electron chi connectivity index (χ2n) is 9.44. The van der Waals surface area contributed by atoms with Crippen molar-refractivity contribution in [2.45, 2.75) is 49.3 Å². The fourth-order valence-corrected chi connectivity index (χ4v) is 5.08. The van der Waals surface area contributed by atoms with Crippen LogP contribution >= 0.6 is 11.8 Å². The Morgan fingerprint density at radius 2 is 1.45 bits per heavy atom. The molecule has 0 aliphatic carbocycles. The second kappa shape index (κ2) is 12.6. The van der Waals surface area contributed by atoms with Crippen LogP contribution in [-0.2, 0) is 21.1 Å². The molecule has 0 amide bonds. The summed E-state index contributed by atoms with van der Waals surface area (Å²) in [7, 11) is 0. The third-order valence-electron chi connectivity index (χ3n) is 6.04. The normalized spacial score (nSPS) is 11.0.